The van der Waals surface area contributed by atoms with Gasteiger partial charge < -0.3 is 14.3 Å². The Balaban J connectivity index is 1.20. The fourth-order valence-electron chi connectivity index (χ4n) is 12.9. The quantitative estimate of drug-likeness (QED) is 0.274. The average molecular weight is 768 g/mol. The molecular formula is C43H56F3N3O6. The minimum Gasteiger partial charge on any atom is -0.481 e. The molecule has 8 atom stereocenters. The summed E-state index contributed by atoms with van der Waals surface area (Å²) in [6.45, 7) is 19.1. The summed E-state index contributed by atoms with van der Waals surface area (Å²) in [6.07, 6.45) is 3.02. The molecule has 0 aliphatic heterocycles. The molecule has 0 amide bonds. The number of fused-ring (bicyclic) bond motifs is 7. The highest BCUT2D eigenvalue weighted by Crippen LogP contribution is 2.76. The molecule has 2 aromatic rings. The van der Waals surface area contributed by atoms with Gasteiger partial charge in [0.25, 0.3) is 5.89 Å². The van der Waals surface area contributed by atoms with Gasteiger partial charge in [0, 0.05) is 18.0 Å². The lowest BCUT2D eigenvalue weighted by molar-refractivity contribution is -0.232. The van der Waals surface area contributed by atoms with Crippen molar-refractivity contribution in [2.24, 2.45) is 50.7 Å². The van der Waals surface area contributed by atoms with Gasteiger partial charge in [-0.1, -0.05) is 48.5 Å². The van der Waals surface area contributed by atoms with Gasteiger partial charge in [0.05, 0.1) is 22.8 Å². The van der Waals surface area contributed by atoms with E-state index in [1.807, 2.05) is 0 Å². The van der Waals surface area contributed by atoms with Gasteiger partial charge in [0.2, 0.25) is 5.89 Å². The van der Waals surface area contributed by atoms with Crippen molar-refractivity contribution in [3.8, 4) is 11.6 Å². The Bertz CT molecular complexity index is 1930. The zero-order valence-electron chi connectivity index (χ0n) is 33.7. The Morgan fingerprint density at radius 2 is 1.65 bits per heavy atom. The van der Waals surface area contributed by atoms with Crippen molar-refractivity contribution in [2.75, 3.05) is 0 Å². The van der Waals surface area contributed by atoms with Crippen molar-refractivity contribution in [2.45, 2.75) is 144 Å². The topological polar surface area (TPSA) is 132 Å². The number of carbonyl (C=O) groups excluding carboxylic acids is 2. The maximum absolute atomic E-state index is 14.1. The van der Waals surface area contributed by atoms with E-state index in [-0.39, 0.29) is 69.8 Å². The van der Waals surface area contributed by atoms with Crippen LogP contribution in [0.15, 0.2) is 33.9 Å². The fraction of sp³-hybridized carbons (Fsp3) is 0.721. The van der Waals surface area contributed by atoms with Crippen molar-refractivity contribution in [1.29, 1.82) is 0 Å². The molecular weight excluding hydrogens is 711 g/mol. The molecule has 0 aromatic carbocycles. The number of carboxylic acid groups (broad SMARTS) is 1. The van der Waals surface area contributed by atoms with E-state index in [1.54, 1.807) is 13.8 Å². The number of alkyl halides is 3. The number of ketones is 1. The maximum Gasteiger partial charge on any atom is 0.417 e. The number of Topliss-reactive ketones (excluding diaryl/α,β-unsaturated/α-hetero) is 1. The summed E-state index contributed by atoms with van der Waals surface area (Å²) >= 11 is 0. The Morgan fingerprint density at radius 3 is 2.27 bits per heavy atom. The van der Waals surface area contributed by atoms with Crippen LogP contribution in [0, 0.1) is 50.7 Å². The number of carboxylic acids is 1. The standard InChI is InChI=1S/C43H56F3N3O6/c1-23(2)32-27(50)20-42(35-49-48-34(55-35)26-12-10-24(22-47-26)43(44,45)46)19-18-40(8)25(33(32)42)11-13-29-39(7)16-15-30(54-31(51)21-37(3,4)36(52)53)38(5,6)28(39)14-17-41(29,40)9/h10,12,22-23,25,28-30H,11,13-21H2,1-9H3,(H,52,53)/t25?,28-,29+,30-,39-,40+,41+,42+/m0/s1. The van der Waals surface area contributed by atoms with Crippen LogP contribution in [0.4, 0.5) is 13.2 Å². The number of halogens is 3. The average Bonchev–Trinajstić information content (AvgIpc) is 3.69. The third-order valence-corrected chi connectivity index (χ3v) is 16.0. The number of nitrogens with zero attached hydrogens (tertiary/aromatic N) is 3. The third-order valence-electron chi connectivity index (χ3n) is 16.0. The Kier molecular flexibility index (Phi) is 9.17. The summed E-state index contributed by atoms with van der Waals surface area (Å²) < 4.78 is 52.2. The second-order valence-electron chi connectivity index (χ2n) is 19.8. The SMILES string of the molecule is CC(C)C1=C2C3CC[C@@H]4[C@@]5(C)CC[C@H](OC(=O)CC(C)(C)C(=O)O)C(C)(C)[C@@H]5CC[C@@]4(C)[C@]3(C)CC[C@@]2(c2nnc(-c3ccc(C(F)(F)F)cn3)o2)CC1=O. The molecule has 0 saturated heterocycles. The van der Waals surface area contributed by atoms with Crippen LogP contribution >= 0.6 is 0 Å². The summed E-state index contributed by atoms with van der Waals surface area (Å²) in [6, 6.07) is 2.19. The van der Waals surface area contributed by atoms with E-state index in [2.05, 4.69) is 63.6 Å². The van der Waals surface area contributed by atoms with Gasteiger partial charge in [0.1, 0.15) is 11.8 Å². The van der Waals surface area contributed by atoms with E-state index in [0.717, 1.165) is 68.4 Å². The summed E-state index contributed by atoms with van der Waals surface area (Å²) in [4.78, 5) is 42.9. The number of aromatic nitrogens is 3. The molecule has 0 bridgehead atoms. The van der Waals surface area contributed by atoms with Crippen molar-refractivity contribution < 1.29 is 41.8 Å². The number of ether oxygens (including phenoxy) is 1. The van der Waals surface area contributed by atoms with E-state index >= 15 is 0 Å². The van der Waals surface area contributed by atoms with Crippen molar-refractivity contribution in [3.63, 3.8) is 0 Å². The predicted molar refractivity (Wildman–Crippen MR) is 197 cm³/mol. The first kappa shape index (κ1) is 39.7. The number of carbonyl (C=O) groups is 3. The Hall–Kier alpha value is -3.57. The normalized spacial score (nSPS) is 35.8. The number of hydrogen-bond donors (Lipinski definition) is 1. The number of hydrogen-bond acceptors (Lipinski definition) is 8. The molecule has 55 heavy (non-hydrogen) atoms. The van der Waals surface area contributed by atoms with Crippen LogP contribution in [0.25, 0.3) is 11.6 Å². The molecule has 9 nitrogen and oxygen atoms in total. The second-order valence-corrected chi connectivity index (χ2v) is 19.8. The van der Waals surface area contributed by atoms with Crippen LogP contribution in [-0.2, 0) is 30.7 Å². The van der Waals surface area contributed by atoms with E-state index in [0.29, 0.717) is 24.1 Å². The molecule has 1 N–H and O–H groups in total. The summed E-state index contributed by atoms with van der Waals surface area (Å²) in [5, 5.41) is 18.4. The van der Waals surface area contributed by atoms with Gasteiger partial charge in [-0.25, -0.2) is 0 Å². The summed E-state index contributed by atoms with van der Waals surface area (Å²) in [5.41, 5.74) is -1.21. The minimum absolute atomic E-state index is 0.00987. The lowest BCUT2D eigenvalue weighted by atomic mass is 9.33. The van der Waals surface area contributed by atoms with E-state index in [9.17, 15) is 32.7 Å². The van der Waals surface area contributed by atoms with Gasteiger partial charge in [-0.2, -0.15) is 13.2 Å². The lowest BCUT2D eigenvalue weighted by Gasteiger charge is -2.72. The number of pyridine rings is 1. The van der Waals surface area contributed by atoms with Crippen molar-refractivity contribution in [1.82, 2.24) is 15.2 Å². The van der Waals surface area contributed by atoms with Crippen molar-refractivity contribution in [3.05, 3.63) is 40.9 Å². The molecule has 2 aromatic heterocycles. The Morgan fingerprint density at radius 1 is 0.945 bits per heavy atom. The van der Waals surface area contributed by atoms with Gasteiger partial charge >= 0.3 is 18.1 Å². The fourth-order valence-corrected chi connectivity index (χ4v) is 12.9. The first-order chi connectivity index (χ1) is 25.4. The summed E-state index contributed by atoms with van der Waals surface area (Å²) in [7, 11) is 0. The number of aliphatic carboxylic acids is 1. The molecule has 4 saturated carbocycles. The van der Waals surface area contributed by atoms with Gasteiger partial charge in [-0.15, -0.1) is 10.2 Å². The molecule has 1 unspecified atom stereocenters. The molecule has 7 rings (SSSR count). The highest BCUT2D eigenvalue weighted by molar-refractivity contribution is 6.01. The van der Waals surface area contributed by atoms with Crippen molar-refractivity contribution >= 4 is 17.7 Å². The van der Waals surface area contributed by atoms with Crippen LogP contribution < -0.4 is 0 Å². The summed E-state index contributed by atoms with van der Waals surface area (Å²) in [5.74, 6) is -0.209. The zero-order valence-corrected chi connectivity index (χ0v) is 33.7. The van der Waals surface area contributed by atoms with Crippen LogP contribution in [0.3, 0.4) is 0 Å². The first-order valence-corrected chi connectivity index (χ1v) is 20.0. The molecule has 0 radical (unpaired) electrons. The number of esters is 1. The molecule has 12 heteroatoms. The van der Waals surface area contributed by atoms with Gasteiger partial charge in [0.15, 0.2) is 5.78 Å². The third kappa shape index (κ3) is 5.83. The Labute approximate surface area is 321 Å². The van der Waals surface area contributed by atoms with E-state index in [1.165, 1.54) is 6.07 Å². The highest BCUT2D eigenvalue weighted by atomic mass is 19.4. The largest absolute Gasteiger partial charge is 0.481 e. The molecule has 5 aliphatic carbocycles. The van der Waals surface area contributed by atoms with Gasteiger partial charge in [-0.3, -0.25) is 19.4 Å². The zero-order chi connectivity index (χ0) is 40.3. The minimum atomic E-state index is -4.52. The number of allylic oxidation sites excluding steroid dienone is 2. The highest BCUT2D eigenvalue weighted by Gasteiger charge is 2.71. The molecule has 2 heterocycles. The molecule has 5 aliphatic rings. The smallest absolute Gasteiger partial charge is 0.417 e. The lowest BCUT2D eigenvalue weighted by Crippen LogP contribution is -2.66. The molecule has 300 valence electrons. The molecule has 0 spiro atoms. The maximum atomic E-state index is 14.1. The second kappa shape index (κ2) is 12.7. The van der Waals surface area contributed by atoms with Crippen LogP contribution in [-0.4, -0.2) is 44.1 Å². The first-order valence-electron chi connectivity index (χ1n) is 20.0. The van der Waals surface area contributed by atoms with Crippen LogP contribution in [0.2, 0.25) is 0 Å². The predicted octanol–water partition coefficient (Wildman–Crippen LogP) is 9.80. The monoisotopic (exact) mass is 767 g/mol. The van der Waals surface area contributed by atoms with Gasteiger partial charge in [-0.05, 0) is 128 Å². The van der Waals surface area contributed by atoms with E-state index in [4.69, 9.17) is 9.15 Å². The van der Waals surface area contributed by atoms with Crippen LogP contribution in [0.1, 0.15) is 138 Å². The van der Waals surface area contributed by atoms with E-state index < -0.39 is 34.5 Å². The van der Waals surface area contributed by atoms with Crippen LogP contribution in [0.5, 0.6) is 0 Å². The molecule has 4 fully saturated rings. The number of rotatable bonds is 7.